The summed E-state index contributed by atoms with van der Waals surface area (Å²) in [4.78, 5) is 8.16. The quantitative estimate of drug-likeness (QED) is 0.724. The Bertz CT molecular complexity index is 297. The summed E-state index contributed by atoms with van der Waals surface area (Å²) < 4.78 is 5.50. The van der Waals surface area contributed by atoms with Gasteiger partial charge >= 0.3 is 6.01 Å². The van der Waals surface area contributed by atoms with Crippen LogP contribution in [0.5, 0.6) is 6.01 Å². The molecule has 1 aliphatic rings. The van der Waals surface area contributed by atoms with Gasteiger partial charge in [0.25, 0.3) is 0 Å². The fourth-order valence-corrected chi connectivity index (χ4v) is 1.33. The van der Waals surface area contributed by atoms with E-state index in [0.29, 0.717) is 12.1 Å². The third-order valence-corrected chi connectivity index (χ3v) is 2.18. The van der Waals surface area contributed by atoms with Gasteiger partial charge in [-0.05, 0) is 25.8 Å². The molecule has 0 amide bonds. The first-order valence-corrected chi connectivity index (χ1v) is 4.46. The molecule has 1 aliphatic carbocycles. The summed E-state index contributed by atoms with van der Waals surface area (Å²) in [5.74, 6) is 0. The molecule has 4 nitrogen and oxygen atoms in total. The predicted octanol–water partition coefficient (Wildman–Crippen LogP) is 0.654. The van der Waals surface area contributed by atoms with Crippen molar-refractivity contribution in [3.63, 3.8) is 0 Å². The second kappa shape index (κ2) is 3.30. The Morgan fingerprint density at radius 1 is 1.54 bits per heavy atom. The maximum absolute atomic E-state index is 5.63. The van der Waals surface area contributed by atoms with Crippen LogP contribution in [0.4, 0.5) is 0 Å². The van der Waals surface area contributed by atoms with Gasteiger partial charge in [0, 0.05) is 17.9 Å². The lowest BCUT2D eigenvalue weighted by molar-refractivity contribution is 0.0902. The zero-order chi connectivity index (χ0) is 9.26. The summed E-state index contributed by atoms with van der Waals surface area (Å²) >= 11 is 0. The van der Waals surface area contributed by atoms with Crippen molar-refractivity contribution < 1.29 is 4.74 Å². The van der Waals surface area contributed by atoms with Crippen molar-refractivity contribution in [3.05, 3.63) is 18.0 Å². The molecule has 2 rings (SSSR count). The Hall–Kier alpha value is -1.16. The van der Waals surface area contributed by atoms with Gasteiger partial charge in [0.15, 0.2) is 0 Å². The molecule has 0 bridgehead atoms. The number of hydrogen-bond acceptors (Lipinski definition) is 4. The van der Waals surface area contributed by atoms with E-state index >= 15 is 0 Å². The molecule has 0 aliphatic heterocycles. The number of aromatic nitrogens is 2. The first-order chi connectivity index (χ1) is 6.24. The molecule has 13 heavy (non-hydrogen) atoms. The zero-order valence-electron chi connectivity index (χ0n) is 7.60. The van der Waals surface area contributed by atoms with Crippen LogP contribution in [0.1, 0.15) is 18.5 Å². The van der Waals surface area contributed by atoms with Crippen molar-refractivity contribution >= 4 is 0 Å². The molecule has 1 heterocycles. The SMILES string of the molecule is Cc1ccnc(OC2CC(N)C2)n1. The van der Waals surface area contributed by atoms with E-state index in [4.69, 9.17) is 10.5 Å². The standard InChI is InChI=1S/C9H13N3O/c1-6-2-3-11-9(12-6)13-8-4-7(10)5-8/h2-3,7-8H,4-5,10H2,1H3. The van der Waals surface area contributed by atoms with E-state index in [9.17, 15) is 0 Å². The molecule has 2 N–H and O–H groups in total. The Balaban J connectivity index is 1.94. The molecule has 0 unspecified atom stereocenters. The fraction of sp³-hybridized carbons (Fsp3) is 0.556. The number of rotatable bonds is 2. The molecule has 0 spiro atoms. The zero-order valence-corrected chi connectivity index (χ0v) is 7.60. The first-order valence-electron chi connectivity index (χ1n) is 4.46. The number of nitrogens with two attached hydrogens (primary N) is 1. The molecular formula is C9H13N3O. The van der Waals surface area contributed by atoms with E-state index in [1.54, 1.807) is 6.20 Å². The largest absolute Gasteiger partial charge is 0.460 e. The van der Waals surface area contributed by atoms with Crippen molar-refractivity contribution in [3.8, 4) is 6.01 Å². The minimum Gasteiger partial charge on any atom is -0.460 e. The summed E-state index contributed by atoms with van der Waals surface area (Å²) in [5.41, 5.74) is 6.56. The van der Waals surface area contributed by atoms with Crippen LogP contribution in [0.2, 0.25) is 0 Å². The Labute approximate surface area is 77.1 Å². The maximum Gasteiger partial charge on any atom is 0.316 e. The van der Waals surface area contributed by atoms with Gasteiger partial charge in [0.05, 0.1) is 0 Å². The molecule has 0 radical (unpaired) electrons. The van der Waals surface area contributed by atoms with Crippen LogP contribution in [0.3, 0.4) is 0 Å². The lowest BCUT2D eigenvalue weighted by atomic mass is 9.90. The fourth-order valence-electron chi connectivity index (χ4n) is 1.33. The van der Waals surface area contributed by atoms with E-state index in [2.05, 4.69) is 9.97 Å². The van der Waals surface area contributed by atoms with Crippen LogP contribution in [-0.4, -0.2) is 22.1 Å². The van der Waals surface area contributed by atoms with E-state index in [1.807, 2.05) is 13.0 Å². The van der Waals surface area contributed by atoms with Gasteiger partial charge in [-0.25, -0.2) is 9.97 Å². The van der Waals surface area contributed by atoms with Crippen LogP contribution < -0.4 is 10.5 Å². The topological polar surface area (TPSA) is 61.0 Å². The second-order valence-electron chi connectivity index (χ2n) is 3.45. The van der Waals surface area contributed by atoms with Crippen LogP contribution in [0, 0.1) is 6.92 Å². The number of hydrogen-bond donors (Lipinski definition) is 1. The average Bonchev–Trinajstić information content (AvgIpc) is 2.01. The summed E-state index contributed by atoms with van der Waals surface area (Å²) in [5, 5.41) is 0. The maximum atomic E-state index is 5.63. The van der Waals surface area contributed by atoms with Crippen molar-refractivity contribution in [1.29, 1.82) is 0 Å². The molecule has 4 heteroatoms. The van der Waals surface area contributed by atoms with Crippen molar-refractivity contribution in [2.45, 2.75) is 31.9 Å². The summed E-state index contributed by atoms with van der Waals surface area (Å²) in [7, 11) is 0. The van der Waals surface area contributed by atoms with Gasteiger partial charge in [-0.2, -0.15) is 0 Å². The van der Waals surface area contributed by atoms with E-state index < -0.39 is 0 Å². The normalized spacial score (nSPS) is 26.6. The highest BCUT2D eigenvalue weighted by atomic mass is 16.5. The van der Waals surface area contributed by atoms with Gasteiger partial charge in [-0.1, -0.05) is 0 Å². The second-order valence-corrected chi connectivity index (χ2v) is 3.45. The molecule has 0 aromatic carbocycles. The highest BCUT2D eigenvalue weighted by Gasteiger charge is 2.28. The molecule has 0 atom stereocenters. The van der Waals surface area contributed by atoms with Crippen LogP contribution >= 0.6 is 0 Å². The third kappa shape index (κ3) is 1.95. The summed E-state index contributed by atoms with van der Waals surface area (Å²) in [6, 6.07) is 2.62. The van der Waals surface area contributed by atoms with Gasteiger partial charge in [-0.3, -0.25) is 0 Å². The highest BCUT2D eigenvalue weighted by molar-refractivity contribution is 5.04. The van der Waals surface area contributed by atoms with Crippen LogP contribution in [0.15, 0.2) is 12.3 Å². The first kappa shape index (κ1) is 8.44. The minimum absolute atomic E-state index is 0.219. The van der Waals surface area contributed by atoms with Crippen molar-refractivity contribution in [2.75, 3.05) is 0 Å². The predicted molar refractivity (Wildman–Crippen MR) is 48.4 cm³/mol. The lowest BCUT2D eigenvalue weighted by Crippen LogP contribution is -2.43. The molecular weight excluding hydrogens is 166 g/mol. The average molecular weight is 179 g/mol. The Morgan fingerprint density at radius 3 is 2.92 bits per heavy atom. The van der Waals surface area contributed by atoms with Gasteiger partial charge < -0.3 is 10.5 Å². The summed E-state index contributed by atoms with van der Waals surface area (Å²) in [6.45, 7) is 1.92. The molecule has 1 aromatic heterocycles. The van der Waals surface area contributed by atoms with Crippen molar-refractivity contribution in [2.24, 2.45) is 5.73 Å². The third-order valence-electron chi connectivity index (χ3n) is 2.18. The van der Waals surface area contributed by atoms with E-state index in [1.165, 1.54) is 0 Å². The smallest absolute Gasteiger partial charge is 0.316 e. The lowest BCUT2D eigenvalue weighted by Gasteiger charge is -2.31. The number of aryl methyl sites for hydroxylation is 1. The van der Waals surface area contributed by atoms with Crippen molar-refractivity contribution in [1.82, 2.24) is 9.97 Å². The van der Waals surface area contributed by atoms with E-state index in [-0.39, 0.29) is 6.10 Å². The molecule has 1 fully saturated rings. The molecule has 0 saturated heterocycles. The minimum atomic E-state index is 0.219. The highest BCUT2D eigenvalue weighted by Crippen LogP contribution is 2.22. The van der Waals surface area contributed by atoms with Crippen LogP contribution in [-0.2, 0) is 0 Å². The van der Waals surface area contributed by atoms with Crippen LogP contribution in [0.25, 0.3) is 0 Å². The Kier molecular flexibility index (Phi) is 2.14. The van der Waals surface area contributed by atoms with E-state index in [0.717, 1.165) is 18.5 Å². The monoisotopic (exact) mass is 179 g/mol. The Morgan fingerprint density at radius 2 is 2.31 bits per heavy atom. The molecule has 70 valence electrons. The molecule has 1 saturated carbocycles. The van der Waals surface area contributed by atoms with Gasteiger partial charge in [-0.15, -0.1) is 0 Å². The summed E-state index contributed by atoms with van der Waals surface area (Å²) in [6.07, 6.45) is 3.75. The number of ether oxygens (including phenoxy) is 1. The molecule has 1 aromatic rings. The van der Waals surface area contributed by atoms with Gasteiger partial charge in [0.1, 0.15) is 6.10 Å². The number of nitrogens with zero attached hydrogens (tertiary/aromatic N) is 2. The van der Waals surface area contributed by atoms with Gasteiger partial charge in [0.2, 0.25) is 0 Å².